The molecule has 102 valence electrons. The van der Waals surface area contributed by atoms with Gasteiger partial charge < -0.3 is 0 Å². The van der Waals surface area contributed by atoms with Crippen LogP contribution in [-0.2, 0) is 0 Å². The van der Waals surface area contributed by atoms with Gasteiger partial charge in [-0.2, -0.15) is 0 Å². The second-order valence-electron chi connectivity index (χ2n) is 5.79. The molecule has 0 N–H and O–H groups in total. The van der Waals surface area contributed by atoms with E-state index in [2.05, 4.69) is 84.9 Å². The van der Waals surface area contributed by atoms with E-state index in [1.807, 2.05) is 0 Å². The number of fused-ring (bicyclic) bond motifs is 1. The van der Waals surface area contributed by atoms with Crippen molar-refractivity contribution in [3.05, 3.63) is 107 Å². The van der Waals surface area contributed by atoms with Gasteiger partial charge in [0.2, 0.25) is 0 Å². The van der Waals surface area contributed by atoms with Gasteiger partial charge in [0.05, 0.1) is 0 Å². The molecule has 0 fully saturated rings. The minimum absolute atomic E-state index is 0.521. The molecule has 0 saturated heterocycles. The third kappa shape index (κ3) is 2.17. The zero-order valence-corrected chi connectivity index (χ0v) is 11.9. The Labute approximate surface area is 126 Å². The van der Waals surface area contributed by atoms with Crippen LogP contribution in [0.25, 0.3) is 0 Å². The zero-order chi connectivity index (χ0) is 14.1. The Hall–Kier alpha value is -2.34. The molecule has 0 aliphatic heterocycles. The van der Waals surface area contributed by atoms with Gasteiger partial charge in [0, 0.05) is 11.8 Å². The van der Waals surface area contributed by atoms with Crippen LogP contribution in [0.5, 0.6) is 0 Å². The third-order valence-corrected chi connectivity index (χ3v) is 4.62. The van der Waals surface area contributed by atoms with Crippen LogP contribution in [0.4, 0.5) is 0 Å². The molecule has 0 spiro atoms. The van der Waals surface area contributed by atoms with Crippen LogP contribution >= 0.6 is 0 Å². The molecule has 3 aromatic rings. The lowest BCUT2D eigenvalue weighted by Gasteiger charge is -2.13. The van der Waals surface area contributed by atoms with Crippen LogP contribution in [0.1, 0.15) is 40.5 Å². The average molecular weight is 270 g/mol. The first kappa shape index (κ1) is 12.4. The van der Waals surface area contributed by atoms with Gasteiger partial charge in [-0.3, -0.25) is 0 Å². The van der Waals surface area contributed by atoms with E-state index in [1.165, 1.54) is 28.7 Å². The molecule has 0 saturated carbocycles. The first-order valence-corrected chi connectivity index (χ1v) is 7.62. The van der Waals surface area contributed by atoms with E-state index in [9.17, 15) is 0 Å². The first-order valence-electron chi connectivity index (χ1n) is 7.62. The lowest BCUT2D eigenvalue weighted by molar-refractivity contribution is 0.715. The first-order chi connectivity index (χ1) is 10.4. The summed E-state index contributed by atoms with van der Waals surface area (Å²) in [5.41, 5.74) is 5.86. The molecule has 0 bridgehead atoms. The Morgan fingerprint density at radius 1 is 0.476 bits per heavy atom. The molecule has 0 amide bonds. The van der Waals surface area contributed by atoms with E-state index < -0.39 is 0 Å². The fourth-order valence-corrected chi connectivity index (χ4v) is 3.64. The van der Waals surface area contributed by atoms with Gasteiger partial charge >= 0.3 is 0 Å². The molecule has 21 heavy (non-hydrogen) atoms. The van der Waals surface area contributed by atoms with Crippen molar-refractivity contribution in [1.29, 1.82) is 0 Å². The maximum Gasteiger partial charge on any atom is 0.0101 e. The molecule has 3 aromatic carbocycles. The van der Waals surface area contributed by atoms with E-state index in [1.54, 1.807) is 0 Å². The van der Waals surface area contributed by atoms with Crippen molar-refractivity contribution in [2.45, 2.75) is 18.3 Å². The maximum atomic E-state index is 2.30. The summed E-state index contributed by atoms with van der Waals surface area (Å²) >= 11 is 0. The highest BCUT2D eigenvalue weighted by molar-refractivity contribution is 5.48. The summed E-state index contributed by atoms with van der Waals surface area (Å²) in [6, 6.07) is 30.8. The molecule has 2 atom stereocenters. The summed E-state index contributed by atoms with van der Waals surface area (Å²) in [5, 5.41) is 0. The molecule has 0 heteroatoms. The fourth-order valence-electron chi connectivity index (χ4n) is 3.64. The zero-order valence-electron chi connectivity index (χ0n) is 11.9. The molecule has 0 nitrogen and oxygen atoms in total. The summed E-state index contributed by atoms with van der Waals surface area (Å²) in [7, 11) is 0. The normalized spacial score (nSPS) is 20.2. The van der Waals surface area contributed by atoms with Crippen LogP contribution in [-0.4, -0.2) is 0 Å². The second kappa shape index (κ2) is 5.21. The third-order valence-electron chi connectivity index (χ3n) is 4.62. The predicted octanol–water partition coefficient (Wildman–Crippen LogP) is 5.35. The molecule has 0 heterocycles. The van der Waals surface area contributed by atoms with Crippen molar-refractivity contribution < 1.29 is 0 Å². The highest BCUT2D eigenvalue weighted by Crippen LogP contribution is 2.47. The Morgan fingerprint density at radius 2 is 0.857 bits per heavy atom. The number of hydrogen-bond donors (Lipinski definition) is 0. The fraction of sp³-hybridized carbons (Fsp3) is 0.143. The predicted molar refractivity (Wildman–Crippen MR) is 87.6 cm³/mol. The van der Waals surface area contributed by atoms with E-state index in [-0.39, 0.29) is 0 Å². The van der Waals surface area contributed by atoms with Gasteiger partial charge in [-0.05, 0) is 28.7 Å². The Balaban J connectivity index is 1.81. The maximum absolute atomic E-state index is 2.30. The van der Waals surface area contributed by atoms with Crippen molar-refractivity contribution >= 4 is 0 Å². The van der Waals surface area contributed by atoms with Crippen LogP contribution in [0, 0.1) is 0 Å². The van der Waals surface area contributed by atoms with Crippen LogP contribution in [0.2, 0.25) is 0 Å². The highest BCUT2D eigenvalue weighted by Gasteiger charge is 2.32. The lowest BCUT2D eigenvalue weighted by atomic mass is 9.91. The summed E-state index contributed by atoms with van der Waals surface area (Å²) in [5.74, 6) is 1.04. The largest absolute Gasteiger partial charge is 0.0622 e. The van der Waals surface area contributed by atoms with Gasteiger partial charge in [-0.25, -0.2) is 0 Å². The summed E-state index contributed by atoms with van der Waals surface area (Å²) in [6.45, 7) is 0. The van der Waals surface area contributed by atoms with Crippen LogP contribution in [0.3, 0.4) is 0 Å². The quantitative estimate of drug-likeness (QED) is 0.588. The molecule has 1 aliphatic rings. The molecular formula is C21H18. The van der Waals surface area contributed by atoms with E-state index >= 15 is 0 Å². The van der Waals surface area contributed by atoms with Crippen LogP contribution in [0.15, 0.2) is 84.9 Å². The standard InChI is InChI=1S/C21H18/c1-3-9-16(10-4-1)20-15-21(17-11-5-2-6-12-17)19-14-8-7-13-18(19)20/h1-14,20-21H,15H2/t20-,21-/m0/s1. The summed E-state index contributed by atoms with van der Waals surface area (Å²) < 4.78 is 0. The SMILES string of the molecule is c1ccc([C@@H]2C[C@@H](c3ccccc3)c3ccccc32)cc1. The summed E-state index contributed by atoms with van der Waals surface area (Å²) in [6.07, 6.45) is 1.17. The topological polar surface area (TPSA) is 0 Å². The van der Waals surface area contributed by atoms with Gasteiger partial charge in [0.15, 0.2) is 0 Å². The van der Waals surface area contributed by atoms with Crippen molar-refractivity contribution in [2.75, 3.05) is 0 Å². The van der Waals surface area contributed by atoms with Gasteiger partial charge in [0.25, 0.3) is 0 Å². The van der Waals surface area contributed by atoms with Crippen molar-refractivity contribution in [3.8, 4) is 0 Å². The molecule has 0 radical (unpaired) electrons. The van der Waals surface area contributed by atoms with Gasteiger partial charge in [-0.1, -0.05) is 84.9 Å². The minimum Gasteiger partial charge on any atom is -0.0622 e. The smallest absolute Gasteiger partial charge is 0.0101 e. The van der Waals surface area contributed by atoms with Crippen LogP contribution < -0.4 is 0 Å². The van der Waals surface area contributed by atoms with E-state index in [4.69, 9.17) is 0 Å². The molecular weight excluding hydrogens is 252 g/mol. The Bertz CT molecular complexity index is 664. The number of rotatable bonds is 2. The van der Waals surface area contributed by atoms with Gasteiger partial charge in [-0.15, -0.1) is 0 Å². The average Bonchev–Trinajstić information content (AvgIpc) is 2.96. The Morgan fingerprint density at radius 3 is 1.29 bits per heavy atom. The highest BCUT2D eigenvalue weighted by atomic mass is 14.3. The molecule has 4 rings (SSSR count). The monoisotopic (exact) mass is 270 g/mol. The molecule has 0 unspecified atom stereocenters. The number of benzene rings is 3. The molecule has 1 aliphatic carbocycles. The minimum atomic E-state index is 0.521. The lowest BCUT2D eigenvalue weighted by Crippen LogP contribution is -1.97. The van der Waals surface area contributed by atoms with E-state index in [0.29, 0.717) is 11.8 Å². The van der Waals surface area contributed by atoms with Crippen molar-refractivity contribution in [3.63, 3.8) is 0 Å². The summed E-state index contributed by atoms with van der Waals surface area (Å²) in [4.78, 5) is 0. The van der Waals surface area contributed by atoms with Crippen molar-refractivity contribution in [1.82, 2.24) is 0 Å². The van der Waals surface area contributed by atoms with Crippen molar-refractivity contribution in [2.24, 2.45) is 0 Å². The Kier molecular flexibility index (Phi) is 3.08. The second-order valence-corrected chi connectivity index (χ2v) is 5.79. The van der Waals surface area contributed by atoms with E-state index in [0.717, 1.165) is 0 Å². The number of hydrogen-bond acceptors (Lipinski definition) is 0. The molecule has 0 aromatic heterocycles. The van der Waals surface area contributed by atoms with Gasteiger partial charge in [0.1, 0.15) is 0 Å².